The van der Waals surface area contributed by atoms with E-state index >= 15 is 0 Å². The maximum Gasteiger partial charge on any atom is 0.113 e. The van der Waals surface area contributed by atoms with Gasteiger partial charge >= 0.3 is 0 Å². The Hall–Kier alpha value is -0.380. The summed E-state index contributed by atoms with van der Waals surface area (Å²) in [6.07, 6.45) is 3.62. The first-order valence-electron chi connectivity index (χ1n) is 7.05. The van der Waals surface area contributed by atoms with Gasteiger partial charge in [0.05, 0.1) is 17.8 Å². The first kappa shape index (κ1) is 14.0. The van der Waals surface area contributed by atoms with Crippen LogP contribution in [0.4, 0.5) is 0 Å². The average molecular weight is 254 g/mol. The Morgan fingerprint density at radius 2 is 2.06 bits per heavy atom. The predicted octanol–water partition coefficient (Wildman–Crippen LogP) is 2.27. The van der Waals surface area contributed by atoms with Crippen LogP contribution >= 0.6 is 0 Å². The molecule has 1 saturated heterocycles. The van der Waals surface area contributed by atoms with E-state index in [9.17, 15) is 10.2 Å². The molecule has 2 aliphatic rings. The summed E-state index contributed by atoms with van der Waals surface area (Å²) in [5.74, 6) is 0.133. The van der Waals surface area contributed by atoms with E-state index in [1.54, 1.807) is 0 Å². The summed E-state index contributed by atoms with van der Waals surface area (Å²) in [7, 11) is 0. The summed E-state index contributed by atoms with van der Waals surface area (Å²) in [5, 5.41) is 20.9. The van der Waals surface area contributed by atoms with E-state index in [1.165, 1.54) is 5.57 Å². The van der Waals surface area contributed by atoms with Crippen LogP contribution in [0.15, 0.2) is 11.6 Å². The van der Waals surface area contributed by atoms with Crippen LogP contribution in [-0.2, 0) is 4.74 Å². The van der Waals surface area contributed by atoms with Gasteiger partial charge in [-0.2, -0.15) is 0 Å². The van der Waals surface area contributed by atoms with E-state index in [0.717, 1.165) is 12.8 Å². The van der Waals surface area contributed by atoms with Crippen LogP contribution < -0.4 is 0 Å². The predicted molar refractivity (Wildman–Crippen MR) is 71.2 cm³/mol. The molecule has 0 amide bonds. The van der Waals surface area contributed by atoms with Crippen LogP contribution in [0.3, 0.4) is 0 Å². The lowest BCUT2D eigenvalue weighted by Gasteiger charge is -2.31. The summed E-state index contributed by atoms with van der Waals surface area (Å²) in [6.45, 7) is 8.24. The fraction of sp³-hybridized carbons (Fsp3) is 0.867. The van der Waals surface area contributed by atoms with E-state index in [2.05, 4.69) is 33.8 Å². The van der Waals surface area contributed by atoms with Crippen LogP contribution in [0.2, 0.25) is 0 Å². The van der Waals surface area contributed by atoms with Crippen LogP contribution in [0, 0.1) is 11.8 Å². The number of aliphatic hydroxyl groups excluding tert-OH is 2. The van der Waals surface area contributed by atoms with Gasteiger partial charge in [0.25, 0.3) is 0 Å². The quantitative estimate of drug-likeness (QED) is 0.557. The Morgan fingerprint density at radius 3 is 2.67 bits per heavy atom. The maximum atomic E-state index is 10.5. The van der Waals surface area contributed by atoms with Gasteiger partial charge in [0.2, 0.25) is 0 Å². The molecule has 104 valence electrons. The fourth-order valence-electron chi connectivity index (χ4n) is 3.31. The van der Waals surface area contributed by atoms with Crippen molar-refractivity contribution in [1.82, 2.24) is 0 Å². The monoisotopic (exact) mass is 254 g/mol. The van der Waals surface area contributed by atoms with Crippen molar-refractivity contribution >= 4 is 0 Å². The van der Waals surface area contributed by atoms with Crippen molar-refractivity contribution in [1.29, 1.82) is 0 Å². The van der Waals surface area contributed by atoms with E-state index in [4.69, 9.17) is 4.74 Å². The Balaban J connectivity index is 2.22. The van der Waals surface area contributed by atoms with Crippen molar-refractivity contribution in [2.45, 2.75) is 70.9 Å². The molecule has 18 heavy (non-hydrogen) atoms. The lowest BCUT2D eigenvalue weighted by molar-refractivity contribution is -0.0236. The van der Waals surface area contributed by atoms with Crippen molar-refractivity contribution in [2.75, 3.05) is 0 Å². The van der Waals surface area contributed by atoms with Crippen LogP contribution in [0.5, 0.6) is 0 Å². The third-order valence-electron chi connectivity index (χ3n) is 4.52. The molecule has 2 N–H and O–H groups in total. The molecular weight excluding hydrogens is 228 g/mol. The van der Waals surface area contributed by atoms with E-state index in [0.29, 0.717) is 6.42 Å². The van der Waals surface area contributed by atoms with Crippen LogP contribution in [-0.4, -0.2) is 34.1 Å². The molecule has 0 spiro atoms. The topological polar surface area (TPSA) is 53.0 Å². The molecule has 1 fully saturated rings. The summed E-state index contributed by atoms with van der Waals surface area (Å²) < 4.78 is 5.72. The average Bonchev–Trinajstić information content (AvgIpc) is 2.89. The number of hydrogen-bond donors (Lipinski definition) is 2. The molecule has 2 rings (SSSR count). The summed E-state index contributed by atoms with van der Waals surface area (Å²) in [5.41, 5.74) is 1.02. The fourth-order valence-corrected chi connectivity index (χ4v) is 3.31. The molecule has 0 saturated carbocycles. The van der Waals surface area contributed by atoms with Gasteiger partial charge in [-0.25, -0.2) is 0 Å². The Morgan fingerprint density at radius 1 is 1.39 bits per heavy atom. The van der Waals surface area contributed by atoms with Gasteiger partial charge < -0.3 is 14.9 Å². The maximum absolute atomic E-state index is 10.5. The smallest absolute Gasteiger partial charge is 0.113 e. The van der Waals surface area contributed by atoms with Gasteiger partial charge in [-0.05, 0) is 39.0 Å². The zero-order valence-corrected chi connectivity index (χ0v) is 11.9. The minimum Gasteiger partial charge on any atom is -0.392 e. The Labute approximate surface area is 110 Å². The van der Waals surface area contributed by atoms with Gasteiger partial charge in [-0.1, -0.05) is 25.5 Å². The van der Waals surface area contributed by atoms with Crippen LogP contribution in [0.1, 0.15) is 47.0 Å². The van der Waals surface area contributed by atoms with Crippen molar-refractivity contribution in [2.24, 2.45) is 11.8 Å². The number of aliphatic hydroxyl groups is 2. The lowest BCUT2D eigenvalue weighted by Crippen LogP contribution is -2.41. The van der Waals surface area contributed by atoms with Gasteiger partial charge in [-0.15, -0.1) is 0 Å². The van der Waals surface area contributed by atoms with E-state index in [-0.39, 0.29) is 23.5 Å². The molecule has 1 aliphatic heterocycles. The molecule has 0 aromatic carbocycles. The highest BCUT2D eigenvalue weighted by atomic mass is 16.6. The van der Waals surface area contributed by atoms with Gasteiger partial charge in [0.1, 0.15) is 6.10 Å². The number of fused-ring (bicyclic) bond motifs is 1. The largest absolute Gasteiger partial charge is 0.392 e. The molecule has 0 unspecified atom stereocenters. The Bertz CT molecular complexity index is 337. The highest BCUT2D eigenvalue weighted by Crippen LogP contribution is 2.46. The molecule has 3 nitrogen and oxygen atoms in total. The minimum absolute atomic E-state index is 0.105. The van der Waals surface area contributed by atoms with Crippen molar-refractivity contribution < 1.29 is 14.9 Å². The number of hydrogen-bond acceptors (Lipinski definition) is 3. The first-order valence-corrected chi connectivity index (χ1v) is 7.05. The molecule has 3 heteroatoms. The number of ether oxygens (including phenoxy) is 1. The van der Waals surface area contributed by atoms with Crippen molar-refractivity contribution in [3.63, 3.8) is 0 Å². The second-order valence-electron chi connectivity index (χ2n) is 6.52. The summed E-state index contributed by atoms with van der Waals surface area (Å²) in [6, 6.07) is 0. The second-order valence-corrected chi connectivity index (χ2v) is 6.52. The standard InChI is InChI=1S/C15H26O3/c1-9(2)12-11(16)8-10(3)6-5-7-15(4)14(18-15)13(12)17/h6,9,11-14,16-17H,5,7-8H2,1-4H3/b10-6+/t11-,12-,13+,14-,15-/m1/s1. The zero-order chi connectivity index (χ0) is 13.5. The normalized spacial score (nSPS) is 48.3. The second kappa shape index (κ2) is 4.95. The third-order valence-corrected chi connectivity index (χ3v) is 4.52. The molecule has 5 atom stereocenters. The number of allylic oxidation sites excluding steroid dienone is 1. The number of rotatable bonds is 1. The Kier molecular flexibility index (Phi) is 3.86. The molecule has 1 heterocycles. The van der Waals surface area contributed by atoms with Crippen LogP contribution in [0.25, 0.3) is 0 Å². The van der Waals surface area contributed by atoms with Crippen molar-refractivity contribution in [3.8, 4) is 0 Å². The highest BCUT2D eigenvalue weighted by Gasteiger charge is 2.58. The van der Waals surface area contributed by atoms with E-state index in [1.807, 2.05) is 0 Å². The minimum atomic E-state index is -0.559. The molecule has 0 radical (unpaired) electrons. The summed E-state index contributed by atoms with van der Waals surface area (Å²) >= 11 is 0. The third kappa shape index (κ3) is 2.63. The van der Waals surface area contributed by atoms with Gasteiger partial charge in [0.15, 0.2) is 0 Å². The SMILES string of the molecule is C/C1=C\CC[C@@]2(C)O[C@@H]2[C@@H](O)[C@H](C(C)C)[C@H](O)C1. The first-order chi connectivity index (χ1) is 8.35. The molecule has 0 bridgehead atoms. The lowest BCUT2D eigenvalue weighted by atomic mass is 9.78. The van der Waals surface area contributed by atoms with Gasteiger partial charge in [-0.3, -0.25) is 0 Å². The molecule has 0 aromatic rings. The molecule has 1 aliphatic carbocycles. The van der Waals surface area contributed by atoms with Gasteiger partial charge in [0, 0.05) is 5.92 Å². The molecule has 0 aromatic heterocycles. The zero-order valence-electron chi connectivity index (χ0n) is 11.9. The van der Waals surface area contributed by atoms with E-state index < -0.39 is 12.2 Å². The number of epoxide rings is 1. The highest BCUT2D eigenvalue weighted by molar-refractivity contribution is 5.10. The summed E-state index contributed by atoms with van der Waals surface area (Å²) in [4.78, 5) is 0. The van der Waals surface area contributed by atoms with Crippen molar-refractivity contribution in [3.05, 3.63) is 11.6 Å². The molecular formula is C15H26O3.